The molecule has 0 saturated heterocycles. The molecule has 2 rings (SSSR count). The minimum absolute atomic E-state index is 0.582. The lowest BCUT2D eigenvalue weighted by molar-refractivity contribution is 0.156. The van der Waals surface area contributed by atoms with Gasteiger partial charge in [0.1, 0.15) is 0 Å². The van der Waals surface area contributed by atoms with Crippen molar-refractivity contribution in [2.45, 2.75) is 64.7 Å². The van der Waals surface area contributed by atoms with E-state index in [1.807, 2.05) is 12.1 Å². The Balaban J connectivity index is 1.87. The molecule has 21 heavy (non-hydrogen) atoms. The van der Waals surface area contributed by atoms with Gasteiger partial charge in [-0.3, -0.25) is 0 Å². The molecule has 118 valence electrons. The van der Waals surface area contributed by atoms with Crippen molar-refractivity contribution in [1.29, 1.82) is 0 Å². The normalized spacial score (nSPS) is 17.8. The summed E-state index contributed by atoms with van der Waals surface area (Å²) >= 11 is 5.98. The molecule has 1 fully saturated rings. The molecule has 0 spiro atoms. The van der Waals surface area contributed by atoms with Gasteiger partial charge < -0.3 is 5.32 Å². The monoisotopic (exact) mass is 307 g/mol. The molecule has 0 radical (unpaired) electrons. The van der Waals surface area contributed by atoms with Crippen LogP contribution in [0.25, 0.3) is 0 Å². The molecule has 1 saturated carbocycles. The molecule has 0 atom stereocenters. The lowest BCUT2D eigenvalue weighted by atomic mass is 9.68. The van der Waals surface area contributed by atoms with Crippen LogP contribution in [0.3, 0.4) is 0 Å². The molecule has 1 nitrogen and oxygen atoms in total. The number of hydrogen-bond acceptors (Lipinski definition) is 1. The first kappa shape index (κ1) is 16.8. The quantitative estimate of drug-likeness (QED) is 0.615. The van der Waals surface area contributed by atoms with Crippen molar-refractivity contribution < 1.29 is 0 Å². The Bertz CT molecular complexity index is 393. The molecule has 1 aromatic carbocycles. The Morgan fingerprint density at radius 1 is 1.00 bits per heavy atom. The van der Waals surface area contributed by atoms with Crippen molar-refractivity contribution >= 4 is 11.6 Å². The molecular formula is C19H30ClN. The highest BCUT2D eigenvalue weighted by Gasteiger charge is 2.30. The molecule has 1 aromatic rings. The number of halogens is 1. The highest BCUT2D eigenvalue weighted by molar-refractivity contribution is 6.30. The highest BCUT2D eigenvalue weighted by Crippen LogP contribution is 2.42. The molecule has 1 aliphatic rings. The summed E-state index contributed by atoms with van der Waals surface area (Å²) in [4.78, 5) is 0. The van der Waals surface area contributed by atoms with Crippen LogP contribution in [0.4, 0.5) is 0 Å². The summed E-state index contributed by atoms with van der Waals surface area (Å²) < 4.78 is 0. The van der Waals surface area contributed by atoms with Crippen LogP contribution in [0.5, 0.6) is 0 Å². The Hall–Kier alpha value is -0.530. The van der Waals surface area contributed by atoms with E-state index in [1.54, 1.807) is 0 Å². The maximum Gasteiger partial charge on any atom is 0.0406 e. The van der Waals surface area contributed by atoms with Gasteiger partial charge >= 0.3 is 0 Å². The van der Waals surface area contributed by atoms with Crippen LogP contribution in [0.2, 0.25) is 5.02 Å². The van der Waals surface area contributed by atoms with Crippen LogP contribution in [-0.4, -0.2) is 13.1 Å². The van der Waals surface area contributed by atoms with Crippen LogP contribution in [0, 0.1) is 5.41 Å². The van der Waals surface area contributed by atoms with E-state index in [0.29, 0.717) is 5.41 Å². The number of benzene rings is 1. The van der Waals surface area contributed by atoms with Gasteiger partial charge in [0.2, 0.25) is 0 Å². The Labute approximate surface area is 135 Å². The van der Waals surface area contributed by atoms with E-state index in [4.69, 9.17) is 11.6 Å². The van der Waals surface area contributed by atoms with Crippen molar-refractivity contribution in [2.24, 2.45) is 5.41 Å². The molecule has 0 aliphatic heterocycles. The molecule has 0 bridgehead atoms. The minimum Gasteiger partial charge on any atom is -0.317 e. The fourth-order valence-corrected chi connectivity index (χ4v) is 3.77. The van der Waals surface area contributed by atoms with Gasteiger partial charge in [-0.15, -0.1) is 0 Å². The fraction of sp³-hybridized carbons (Fsp3) is 0.684. The standard InChI is InChI=1S/C19H30ClN/c1-2-15-21-16-14-19(11-4-3-5-12-19)13-10-17-6-8-18(20)9-7-17/h6-9,21H,2-5,10-16H2,1H3. The second-order valence-corrected chi connectivity index (χ2v) is 7.12. The van der Waals surface area contributed by atoms with Crippen molar-refractivity contribution in [1.82, 2.24) is 5.32 Å². The van der Waals surface area contributed by atoms with E-state index < -0.39 is 0 Å². The third-order valence-electron chi connectivity index (χ3n) is 5.03. The number of aryl methyl sites for hydroxylation is 1. The second-order valence-electron chi connectivity index (χ2n) is 6.69. The summed E-state index contributed by atoms with van der Waals surface area (Å²) in [6.07, 6.45) is 12.3. The topological polar surface area (TPSA) is 12.0 Å². The van der Waals surface area contributed by atoms with Gasteiger partial charge in [-0.05, 0) is 74.7 Å². The molecule has 2 heteroatoms. The molecule has 0 amide bonds. The summed E-state index contributed by atoms with van der Waals surface area (Å²) in [6.45, 7) is 4.59. The van der Waals surface area contributed by atoms with Gasteiger partial charge in [0.15, 0.2) is 0 Å². The fourth-order valence-electron chi connectivity index (χ4n) is 3.64. The summed E-state index contributed by atoms with van der Waals surface area (Å²) in [5.41, 5.74) is 2.02. The minimum atomic E-state index is 0.582. The Morgan fingerprint density at radius 2 is 1.71 bits per heavy atom. The summed E-state index contributed by atoms with van der Waals surface area (Å²) in [6, 6.07) is 8.42. The molecule has 0 unspecified atom stereocenters. The third-order valence-corrected chi connectivity index (χ3v) is 5.28. The van der Waals surface area contributed by atoms with Crippen LogP contribution in [0.15, 0.2) is 24.3 Å². The molecule has 0 heterocycles. The zero-order valence-electron chi connectivity index (χ0n) is 13.5. The largest absolute Gasteiger partial charge is 0.317 e. The number of rotatable bonds is 8. The number of hydrogen-bond donors (Lipinski definition) is 1. The van der Waals surface area contributed by atoms with Crippen molar-refractivity contribution in [3.8, 4) is 0 Å². The van der Waals surface area contributed by atoms with E-state index in [-0.39, 0.29) is 0 Å². The predicted molar refractivity (Wildman–Crippen MR) is 93.1 cm³/mol. The average molecular weight is 308 g/mol. The van der Waals surface area contributed by atoms with Gasteiger partial charge in [0.05, 0.1) is 0 Å². The first-order valence-electron chi connectivity index (χ1n) is 8.69. The molecule has 1 aliphatic carbocycles. The maximum atomic E-state index is 5.98. The molecule has 0 aromatic heterocycles. The van der Waals surface area contributed by atoms with Crippen LogP contribution >= 0.6 is 11.6 Å². The Morgan fingerprint density at radius 3 is 2.38 bits per heavy atom. The third kappa shape index (κ3) is 5.64. The highest BCUT2D eigenvalue weighted by atomic mass is 35.5. The lowest BCUT2D eigenvalue weighted by Crippen LogP contribution is -2.30. The maximum absolute atomic E-state index is 5.98. The van der Waals surface area contributed by atoms with Gasteiger partial charge in [0.25, 0.3) is 0 Å². The van der Waals surface area contributed by atoms with E-state index in [9.17, 15) is 0 Å². The van der Waals surface area contributed by atoms with Gasteiger partial charge in [-0.1, -0.05) is 49.9 Å². The smallest absolute Gasteiger partial charge is 0.0406 e. The van der Waals surface area contributed by atoms with Gasteiger partial charge in [-0.25, -0.2) is 0 Å². The summed E-state index contributed by atoms with van der Waals surface area (Å²) in [5, 5.41) is 4.44. The van der Waals surface area contributed by atoms with Gasteiger partial charge in [-0.2, -0.15) is 0 Å². The zero-order chi connectivity index (χ0) is 15.0. The molecule has 1 N–H and O–H groups in total. The van der Waals surface area contributed by atoms with Crippen LogP contribution in [0.1, 0.15) is 63.9 Å². The lowest BCUT2D eigenvalue weighted by Gasteiger charge is -2.38. The number of nitrogens with one attached hydrogen (secondary N) is 1. The van der Waals surface area contributed by atoms with Crippen molar-refractivity contribution in [2.75, 3.05) is 13.1 Å². The van der Waals surface area contributed by atoms with E-state index in [0.717, 1.165) is 11.6 Å². The zero-order valence-corrected chi connectivity index (χ0v) is 14.2. The Kier molecular flexibility index (Phi) is 7.06. The summed E-state index contributed by atoms with van der Waals surface area (Å²) in [7, 11) is 0. The summed E-state index contributed by atoms with van der Waals surface area (Å²) in [5.74, 6) is 0. The first-order chi connectivity index (χ1) is 10.2. The first-order valence-corrected chi connectivity index (χ1v) is 9.07. The van der Waals surface area contributed by atoms with E-state index >= 15 is 0 Å². The van der Waals surface area contributed by atoms with Crippen molar-refractivity contribution in [3.05, 3.63) is 34.9 Å². The van der Waals surface area contributed by atoms with Crippen LogP contribution in [-0.2, 0) is 6.42 Å². The molecular weight excluding hydrogens is 278 g/mol. The predicted octanol–water partition coefficient (Wildman–Crippen LogP) is 5.61. The SMILES string of the molecule is CCCNCCC1(CCc2ccc(Cl)cc2)CCCCC1. The van der Waals surface area contributed by atoms with E-state index in [1.165, 1.54) is 69.9 Å². The van der Waals surface area contributed by atoms with Crippen molar-refractivity contribution in [3.63, 3.8) is 0 Å². The van der Waals surface area contributed by atoms with Gasteiger partial charge in [0, 0.05) is 5.02 Å². The van der Waals surface area contributed by atoms with E-state index in [2.05, 4.69) is 24.4 Å². The second kappa shape index (κ2) is 8.80. The average Bonchev–Trinajstić information content (AvgIpc) is 2.52. The van der Waals surface area contributed by atoms with Crippen LogP contribution < -0.4 is 5.32 Å².